The molecule has 0 aromatic carbocycles. The Bertz CT molecular complexity index is 343. The molecule has 0 bridgehead atoms. The fourth-order valence-corrected chi connectivity index (χ4v) is 2.24. The zero-order valence-corrected chi connectivity index (χ0v) is 10.2. The quantitative estimate of drug-likeness (QED) is 0.789. The molecule has 1 saturated heterocycles. The highest BCUT2D eigenvalue weighted by Gasteiger charge is 2.23. The van der Waals surface area contributed by atoms with E-state index < -0.39 is 0 Å². The lowest BCUT2D eigenvalue weighted by atomic mass is 9.85. The van der Waals surface area contributed by atoms with E-state index >= 15 is 0 Å². The predicted molar refractivity (Wildman–Crippen MR) is 68.5 cm³/mol. The minimum atomic E-state index is 0.475. The SMILES string of the molecule is CC1(C)CCCN(c2ccc(N)cn2)CC1. The summed E-state index contributed by atoms with van der Waals surface area (Å²) >= 11 is 0. The van der Waals surface area contributed by atoms with E-state index in [4.69, 9.17) is 5.73 Å². The first-order valence-electron chi connectivity index (χ1n) is 6.03. The fourth-order valence-electron chi connectivity index (χ4n) is 2.24. The summed E-state index contributed by atoms with van der Waals surface area (Å²) in [6, 6.07) is 3.95. The van der Waals surface area contributed by atoms with Gasteiger partial charge in [-0.15, -0.1) is 0 Å². The average Bonchev–Trinajstić information content (AvgIpc) is 2.41. The highest BCUT2D eigenvalue weighted by Crippen LogP contribution is 2.31. The molecule has 3 nitrogen and oxygen atoms in total. The number of nitrogens with two attached hydrogens (primary N) is 1. The monoisotopic (exact) mass is 219 g/mol. The van der Waals surface area contributed by atoms with Gasteiger partial charge >= 0.3 is 0 Å². The van der Waals surface area contributed by atoms with Gasteiger partial charge < -0.3 is 10.6 Å². The highest BCUT2D eigenvalue weighted by molar-refractivity contribution is 5.45. The molecule has 2 N–H and O–H groups in total. The summed E-state index contributed by atoms with van der Waals surface area (Å²) in [4.78, 5) is 6.76. The van der Waals surface area contributed by atoms with Crippen molar-refractivity contribution in [3.05, 3.63) is 18.3 Å². The van der Waals surface area contributed by atoms with Crippen LogP contribution < -0.4 is 10.6 Å². The second-order valence-corrected chi connectivity index (χ2v) is 5.45. The van der Waals surface area contributed by atoms with Crippen molar-refractivity contribution in [3.63, 3.8) is 0 Å². The molecule has 1 fully saturated rings. The zero-order chi connectivity index (χ0) is 11.6. The van der Waals surface area contributed by atoms with Gasteiger partial charge in [-0.1, -0.05) is 13.8 Å². The van der Waals surface area contributed by atoms with Gasteiger partial charge in [-0.2, -0.15) is 0 Å². The fraction of sp³-hybridized carbons (Fsp3) is 0.615. The van der Waals surface area contributed by atoms with Crippen LogP contribution in [0.3, 0.4) is 0 Å². The number of hydrogen-bond donors (Lipinski definition) is 1. The van der Waals surface area contributed by atoms with Crippen molar-refractivity contribution in [1.82, 2.24) is 4.98 Å². The Morgan fingerprint density at radius 2 is 2.06 bits per heavy atom. The molecule has 1 aromatic rings. The molecule has 1 aromatic heterocycles. The van der Waals surface area contributed by atoms with Crippen molar-refractivity contribution in [2.24, 2.45) is 5.41 Å². The van der Waals surface area contributed by atoms with E-state index in [1.54, 1.807) is 6.20 Å². The maximum Gasteiger partial charge on any atom is 0.128 e. The van der Waals surface area contributed by atoms with Crippen LogP contribution in [-0.4, -0.2) is 18.1 Å². The van der Waals surface area contributed by atoms with Crippen LogP contribution in [0.1, 0.15) is 33.1 Å². The molecule has 0 spiro atoms. The number of anilines is 2. The lowest BCUT2D eigenvalue weighted by Crippen LogP contribution is -2.25. The summed E-state index contributed by atoms with van der Waals surface area (Å²) in [5, 5.41) is 0. The number of nitrogen functional groups attached to an aromatic ring is 1. The number of aromatic nitrogens is 1. The summed E-state index contributed by atoms with van der Waals surface area (Å²) in [5.41, 5.74) is 6.86. The van der Waals surface area contributed by atoms with Gasteiger partial charge in [-0.25, -0.2) is 4.98 Å². The third-order valence-corrected chi connectivity index (χ3v) is 3.43. The minimum absolute atomic E-state index is 0.475. The van der Waals surface area contributed by atoms with Crippen LogP contribution >= 0.6 is 0 Å². The van der Waals surface area contributed by atoms with E-state index in [0.29, 0.717) is 5.41 Å². The molecule has 0 radical (unpaired) electrons. The van der Waals surface area contributed by atoms with E-state index in [0.717, 1.165) is 24.6 Å². The van der Waals surface area contributed by atoms with Crippen molar-refractivity contribution in [2.45, 2.75) is 33.1 Å². The zero-order valence-electron chi connectivity index (χ0n) is 10.2. The van der Waals surface area contributed by atoms with Gasteiger partial charge in [0.05, 0.1) is 11.9 Å². The Hall–Kier alpha value is -1.25. The molecular formula is C13H21N3. The normalized spacial score (nSPS) is 20.5. The summed E-state index contributed by atoms with van der Waals surface area (Å²) in [5.74, 6) is 1.06. The summed E-state index contributed by atoms with van der Waals surface area (Å²) in [7, 11) is 0. The molecule has 2 heterocycles. The maximum atomic E-state index is 5.65. The van der Waals surface area contributed by atoms with Crippen LogP contribution in [0.5, 0.6) is 0 Å². The number of nitrogens with zero attached hydrogens (tertiary/aromatic N) is 2. The van der Waals surface area contributed by atoms with Gasteiger partial charge in [0.1, 0.15) is 5.82 Å². The number of rotatable bonds is 1. The van der Waals surface area contributed by atoms with E-state index in [-0.39, 0.29) is 0 Å². The third-order valence-electron chi connectivity index (χ3n) is 3.43. The molecule has 0 atom stereocenters. The van der Waals surface area contributed by atoms with Crippen molar-refractivity contribution in [3.8, 4) is 0 Å². The highest BCUT2D eigenvalue weighted by atomic mass is 15.2. The standard InChI is InChI=1S/C13H21N3/c1-13(2)6-3-8-16(9-7-13)12-5-4-11(14)10-15-12/h4-5,10H,3,6-9,14H2,1-2H3. The molecule has 0 saturated carbocycles. The maximum absolute atomic E-state index is 5.65. The molecule has 2 rings (SSSR count). The molecule has 3 heteroatoms. The molecule has 0 unspecified atom stereocenters. The van der Waals surface area contributed by atoms with Crippen LogP contribution in [-0.2, 0) is 0 Å². The third kappa shape index (κ3) is 2.65. The van der Waals surface area contributed by atoms with Gasteiger partial charge in [0.2, 0.25) is 0 Å². The Kier molecular flexibility index (Phi) is 3.03. The number of hydrogen-bond acceptors (Lipinski definition) is 3. The summed E-state index contributed by atoms with van der Waals surface area (Å²) in [6.07, 6.45) is 5.53. The molecule has 0 amide bonds. The van der Waals surface area contributed by atoms with Crippen LogP contribution in [0.25, 0.3) is 0 Å². The van der Waals surface area contributed by atoms with Crippen LogP contribution in [0.2, 0.25) is 0 Å². The molecule has 0 aliphatic carbocycles. The second kappa shape index (κ2) is 4.32. The van der Waals surface area contributed by atoms with Gasteiger partial charge in [-0.05, 0) is 36.8 Å². The van der Waals surface area contributed by atoms with Gasteiger partial charge in [-0.3, -0.25) is 0 Å². The first-order valence-corrected chi connectivity index (χ1v) is 6.03. The topological polar surface area (TPSA) is 42.1 Å². The van der Waals surface area contributed by atoms with Gasteiger partial charge in [0.25, 0.3) is 0 Å². The van der Waals surface area contributed by atoms with Crippen LogP contribution in [0, 0.1) is 5.41 Å². The smallest absolute Gasteiger partial charge is 0.128 e. The summed E-state index contributed by atoms with van der Waals surface area (Å²) in [6.45, 7) is 6.92. The molecule has 16 heavy (non-hydrogen) atoms. The Balaban J connectivity index is 2.08. The van der Waals surface area contributed by atoms with Crippen molar-refractivity contribution < 1.29 is 0 Å². The second-order valence-electron chi connectivity index (χ2n) is 5.45. The first-order chi connectivity index (χ1) is 7.57. The predicted octanol–water partition coefficient (Wildman–Crippen LogP) is 2.68. The molecular weight excluding hydrogens is 198 g/mol. The molecule has 1 aliphatic rings. The summed E-state index contributed by atoms with van der Waals surface area (Å²) < 4.78 is 0. The largest absolute Gasteiger partial charge is 0.397 e. The minimum Gasteiger partial charge on any atom is -0.397 e. The van der Waals surface area contributed by atoms with Gasteiger partial charge in [0, 0.05) is 13.1 Å². The number of pyridine rings is 1. The van der Waals surface area contributed by atoms with E-state index in [2.05, 4.69) is 23.7 Å². The Morgan fingerprint density at radius 3 is 2.75 bits per heavy atom. The molecule has 1 aliphatic heterocycles. The van der Waals surface area contributed by atoms with Crippen LogP contribution in [0.4, 0.5) is 11.5 Å². The first kappa shape index (κ1) is 11.2. The van der Waals surface area contributed by atoms with Crippen molar-refractivity contribution in [2.75, 3.05) is 23.7 Å². The molecule has 88 valence electrons. The van der Waals surface area contributed by atoms with E-state index in [1.807, 2.05) is 12.1 Å². The average molecular weight is 219 g/mol. The lowest BCUT2D eigenvalue weighted by molar-refractivity contribution is 0.325. The van der Waals surface area contributed by atoms with Gasteiger partial charge in [0.15, 0.2) is 0 Å². The van der Waals surface area contributed by atoms with E-state index in [1.165, 1.54) is 19.3 Å². The Labute approximate surface area is 97.7 Å². The van der Waals surface area contributed by atoms with Crippen molar-refractivity contribution >= 4 is 11.5 Å². The van der Waals surface area contributed by atoms with Crippen LogP contribution in [0.15, 0.2) is 18.3 Å². The van der Waals surface area contributed by atoms with E-state index in [9.17, 15) is 0 Å². The van der Waals surface area contributed by atoms with Crippen molar-refractivity contribution in [1.29, 1.82) is 0 Å². The lowest BCUT2D eigenvalue weighted by Gasteiger charge is -2.24. The Morgan fingerprint density at radius 1 is 1.25 bits per heavy atom.